The van der Waals surface area contributed by atoms with E-state index in [2.05, 4.69) is 9.72 Å². The minimum absolute atomic E-state index is 0.359. The number of rotatable bonds is 2. The Morgan fingerprint density at radius 2 is 2.24 bits per heavy atom. The van der Waals surface area contributed by atoms with Crippen LogP contribution in [0.1, 0.15) is 16.2 Å². The van der Waals surface area contributed by atoms with E-state index in [0.29, 0.717) is 11.3 Å². The van der Waals surface area contributed by atoms with Crippen LogP contribution in [0.2, 0.25) is 0 Å². The average molecular weight is 231 g/mol. The number of nitrogens with zero attached hydrogens (tertiary/aromatic N) is 2. The van der Waals surface area contributed by atoms with Gasteiger partial charge < -0.3 is 15.0 Å². The zero-order valence-electron chi connectivity index (χ0n) is 9.68. The molecule has 0 aliphatic carbocycles. The van der Waals surface area contributed by atoms with Gasteiger partial charge in [-0.25, -0.2) is 9.78 Å². The van der Waals surface area contributed by atoms with E-state index in [1.54, 1.807) is 24.5 Å². The molecule has 5 nitrogen and oxygen atoms in total. The number of benzene rings is 1. The Hall–Kier alpha value is -2.30. The molecule has 1 aromatic heterocycles. The molecule has 0 aliphatic heterocycles. The lowest BCUT2D eigenvalue weighted by molar-refractivity contribution is 0.0602. The Balaban J connectivity index is 2.57. The van der Waals surface area contributed by atoms with Gasteiger partial charge in [-0.15, -0.1) is 0 Å². The van der Waals surface area contributed by atoms with Crippen molar-refractivity contribution >= 4 is 11.7 Å². The molecule has 0 fully saturated rings. The summed E-state index contributed by atoms with van der Waals surface area (Å²) in [6.45, 7) is 1.87. The zero-order valence-corrected chi connectivity index (χ0v) is 9.68. The van der Waals surface area contributed by atoms with Crippen molar-refractivity contribution in [1.29, 1.82) is 0 Å². The lowest BCUT2D eigenvalue weighted by Gasteiger charge is -2.11. The topological polar surface area (TPSA) is 70.1 Å². The summed E-state index contributed by atoms with van der Waals surface area (Å²) in [4.78, 5) is 15.6. The fraction of sp³-hybridized carbons (Fsp3) is 0.167. The highest BCUT2D eigenvalue weighted by Crippen LogP contribution is 2.23. The van der Waals surface area contributed by atoms with E-state index < -0.39 is 5.97 Å². The highest BCUT2D eigenvalue weighted by Gasteiger charge is 2.14. The molecule has 17 heavy (non-hydrogen) atoms. The molecule has 0 radical (unpaired) electrons. The van der Waals surface area contributed by atoms with E-state index in [-0.39, 0.29) is 0 Å². The number of nitrogen functional groups attached to an aromatic ring is 1. The maximum atomic E-state index is 11.5. The lowest BCUT2D eigenvalue weighted by atomic mass is 10.1. The van der Waals surface area contributed by atoms with Crippen LogP contribution >= 0.6 is 0 Å². The van der Waals surface area contributed by atoms with Crippen LogP contribution in [0, 0.1) is 6.92 Å². The van der Waals surface area contributed by atoms with E-state index in [0.717, 1.165) is 11.5 Å². The molecule has 1 heterocycles. The molecule has 0 saturated heterocycles. The summed E-state index contributed by atoms with van der Waals surface area (Å²) in [5, 5.41) is 0. The smallest absolute Gasteiger partial charge is 0.340 e. The fourth-order valence-corrected chi connectivity index (χ4v) is 1.68. The monoisotopic (exact) mass is 231 g/mol. The number of para-hydroxylation sites is 1. The molecule has 2 N–H and O–H groups in total. The first kappa shape index (κ1) is 11.2. The van der Waals surface area contributed by atoms with Gasteiger partial charge in [0, 0.05) is 12.4 Å². The molecule has 5 heteroatoms. The number of methoxy groups -OCH3 is 1. The maximum absolute atomic E-state index is 11.5. The first-order chi connectivity index (χ1) is 8.15. The third kappa shape index (κ3) is 1.87. The Morgan fingerprint density at radius 3 is 2.82 bits per heavy atom. The number of hydrogen-bond donors (Lipinski definition) is 1. The number of carbonyl (C=O) groups excluding carboxylic acids is 1. The predicted molar refractivity (Wildman–Crippen MR) is 64.1 cm³/mol. The van der Waals surface area contributed by atoms with E-state index in [9.17, 15) is 4.79 Å². The summed E-state index contributed by atoms with van der Waals surface area (Å²) in [7, 11) is 1.33. The fourth-order valence-electron chi connectivity index (χ4n) is 1.68. The number of imidazole rings is 1. The number of nitrogens with two attached hydrogens (primary N) is 1. The van der Waals surface area contributed by atoms with Crippen molar-refractivity contribution in [3.63, 3.8) is 0 Å². The van der Waals surface area contributed by atoms with Crippen LogP contribution in [-0.2, 0) is 4.74 Å². The van der Waals surface area contributed by atoms with Gasteiger partial charge in [-0.1, -0.05) is 6.07 Å². The third-order valence-electron chi connectivity index (χ3n) is 2.57. The second kappa shape index (κ2) is 4.29. The van der Waals surface area contributed by atoms with Gasteiger partial charge in [0.1, 0.15) is 5.82 Å². The van der Waals surface area contributed by atoms with Gasteiger partial charge in [-0.2, -0.15) is 0 Å². The molecule has 2 rings (SSSR count). The third-order valence-corrected chi connectivity index (χ3v) is 2.57. The van der Waals surface area contributed by atoms with Crippen molar-refractivity contribution < 1.29 is 9.53 Å². The molecule has 88 valence electrons. The van der Waals surface area contributed by atoms with Gasteiger partial charge in [-0.05, 0) is 19.1 Å². The molecule has 0 aliphatic rings. The Labute approximate surface area is 98.8 Å². The van der Waals surface area contributed by atoms with Gasteiger partial charge in [-0.3, -0.25) is 0 Å². The van der Waals surface area contributed by atoms with Crippen molar-refractivity contribution in [2.75, 3.05) is 12.8 Å². The van der Waals surface area contributed by atoms with E-state index in [1.807, 2.05) is 17.6 Å². The number of anilines is 1. The van der Waals surface area contributed by atoms with Crippen molar-refractivity contribution in [3.8, 4) is 5.69 Å². The van der Waals surface area contributed by atoms with Crippen LogP contribution in [0.25, 0.3) is 5.69 Å². The number of esters is 1. The summed E-state index contributed by atoms with van der Waals surface area (Å²) in [6, 6.07) is 5.23. The molecular weight excluding hydrogens is 218 g/mol. The van der Waals surface area contributed by atoms with Crippen LogP contribution in [0.15, 0.2) is 30.6 Å². The Bertz CT molecular complexity index is 561. The number of hydrogen-bond acceptors (Lipinski definition) is 4. The highest BCUT2D eigenvalue weighted by molar-refractivity contribution is 5.97. The second-order valence-electron chi connectivity index (χ2n) is 3.57. The van der Waals surface area contributed by atoms with Crippen molar-refractivity contribution in [1.82, 2.24) is 9.55 Å². The molecular formula is C12H13N3O2. The van der Waals surface area contributed by atoms with Crippen LogP contribution in [0.5, 0.6) is 0 Å². The van der Waals surface area contributed by atoms with E-state index in [1.165, 1.54) is 7.11 Å². The van der Waals surface area contributed by atoms with Gasteiger partial charge in [0.15, 0.2) is 0 Å². The van der Waals surface area contributed by atoms with Gasteiger partial charge >= 0.3 is 5.97 Å². The highest BCUT2D eigenvalue weighted by atomic mass is 16.5. The minimum Gasteiger partial charge on any atom is -0.465 e. The largest absolute Gasteiger partial charge is 0.465 e. The molecule has 0 amide bonds. The Morgan fingerprint density at radius 1 is 1.47 bits per heavy atom. The molecule has 0 atom stereocenters. The minimum atomic E-state index is -0.442. The number of aryl methyl sites for hydroxylation is 1. The first-order valence-corrected chi connectivity index (χ1v) is 5.12. The SMILES string of the molecule is COC(=O)c1cccc(-n2ccnc2C)c1N. The quantitative estimate of drug-likeness (QED) is 0.628. The standard InChI is InChI=1S/C12H13N3O2/c1-8-14-6-7-15(8)10-5-3-4-9(11(10)13)12(16)17-2/h3-7H,13H2,1-2H3. The van der Waals surface area contributed by atoms with E-state index in [4.69, 9.17) is 5.73 Å². The van der Waals surface area contributed by atoms with Gasteiger partial charge in [0.05, 0.1) is 24.0 Å². The Kier molecular flexibility index (Phi) is 2.82. The lowest BCUT2D eigenvalue weighted by Crippen LogP contribution is -2.09. The number of carbonyl (C=O) groups is 1. The van der Waals surface area contributed by atoms with Crippen molar-refractivity contribution in [3.05, 3.63) is 42.0 Å². The zero-order chi connectivity index (χ0) is 12.4. The molecule has 0 unspecified atom stereocenters. The summed E-state index contributed by atoms with van der Waals surface area (Å²) in [6.07, 6.45) is 3.47. The first-order valence-electron chi connectivity index (χ1n) is 5.12. The summed E-state index contributed by atoms with van der Waals surface area (Å²) < 4.78 is 6.50. The van der Waals surface area contributed by atoms with Gasteiger partial charge in [0.25, 0.3) is 0 Å². The van der Waals surface area contributed by atoms with Crippen LogP contribution in [0.4, 0.5) is 5.69 Å². The number of ether oxygens (including phenoxy) is 1. The second-order valence-corrected chi connectivity index (χ2v) is 3.57. The van der Waals surface area contributed by atoms with Crippen molar-refractivity contribution in [2.45, 2.75) is 6.92 Å². The molecule has 0 spiro atoms. The predicted octanol–water partition coefficient (Wildman–Crippen LogP) is 1.55. The summed E-state index contributed by atoms with van der Waals surface area (Å²) >= 11 is 0. The average Bonchev–Trinajstić information content (AvgIpc) is 2.75. The molecule has 2 aromatic rings. The molecule has 0 bridgehead atoms. The summed E-state index contributed by atoms with van der Waals surface area (Å²) in [5.74, 6) is 0.362. The normalized spacial score (nSPS) is 10.2. The van der Waals surface area contributed by atoms with E-state index >= 15 is 0 Å². The van der Waals surface area contributed by atoms with Crippen LogP contribution in [-0.4, -0.2) is 22.6 Å². The number of aromatic nitrogens is 2. The van der Waals surface area contributed by atoms with Crippen LogP contribution < -0.4 is 5.73 Å². The maximum Gasteiger partial charge on any atom is 0.340 e. The van der Waals surface area contributed by atoms with Crippen molar-refractivity contribution in [2.24, 2.45) is 0 Å². The molecule has 0 saturated carbocycles. The van der Waals surface area contributed by atoms with Crippen LogP contribution in [0.3, 0.4) is 0 Å². The summed E-state index contributed by atoms with van der Waals surface area (Å²) in [5.41, 5.74) is 7.44. The van der Waals surface area contributed by atoms with Gasteiger partial charge in [0.2, 0.25) is 0 Å². The molecule has 1 aromatic carbocycles.